The molecule has 0 bridgehead atoms. The highest BCUT2D eigenvalue weighted by Gasteiger charge is 2.22. The van der Waals surface area contributed by atoms with Crippen LogP contribution >= 0.6 is 27.3 Å². The second kappa shape index (κ2) is 4.66. The Balaban J connectivity index is 2.99. The Kier molecular flexibility index (Phi) is 3.95. The summed E-state index contributed by atoms with van der Waals surface area (Å²) in [7, 11) is 0. The topological polar surface area (TPSA) is 37.3 Å². The summed E-state index contributed by atoms with van der Waals surface area (Å²) in [6.07, 6.45) is 1.85. The SMILES string of the molecule is CCC(C)(C)Cc1cc(Br)sc1C(=O)O. The third-order valence-corrected chi connectivity index (χ3v) is 4.27. The first-order valence-electron chi connectivity index (χ1n) is 4.87. The summed E-state index contributed by atoms with van der Waals surface area (Å²) in [6, 6.07) is 1.92. The third-order valence-electron chi connectivity index (χ3n) is 2.60. The van der Waals surface area contributed by atoms with Gasteiger partial charge in [-0.25, -0.2) is 4.79 Å². The molecule has 0 aliphatic carbocycles. The lowest BCUT2D eigenvalue weighted by molar-refractivity contribution is 0.0700. The van der Waals surface area contributed by atoms with E-state index in [2.05, 4.69) is 36.7 Å². The van der Waals surface area contributed by atoms with Crippen molar-refractivity contribution in [3.63, 3.8) is 0 Å². The molecule has 0 unspecified atom stereocenters. The van der Waals surface area contributed by atoms with Crippen molar-refractivity contribution in [1.82, 2.24) is 0 Å². The number of hydrogen-bond acceptors (Lipinski definition) is 2. The van der Waals surface area contributed by atoms with Gasteiger partial charge in [0.15, 0.2) is 0 Å². The number of aromatic carboxylic acids is 1. The highest BCUT2D eigenvalue weighted by molar-refractivity contribution is 9.11. The van der Waals surface area contributed by atoms with Crippen LogP contribution in [0.2, 0.25) is 0 Å². The summed E-state index contributed by atoms with van der Waals surface area (Å²) in [4.78, 5) is 11.5. The van der Waals surface area contributed by atoms with Crippen LogP contribution in [0.25, 0.3) is 0 Å². The van der Waals surface area contributed by atoms with Crippen LogP contribution in [0.15, 0.2) is 9.85 Å². The molecule has 1 aromatic rings. The Labute approximate surface area is 102 Å². The van der Waals surface area contributed by atoms with Crippen LogP contribution in [0, 0.1) is 5.41 Å². The monoisotopic (exact) mass is 290 g/mol. The Bertz CT molecular complexity index is 369. The predicted molar refractivity (Wildman–Crippen MR) is 66.8 cm³/mol. The van der Waals surface area contributed by atoms with Crippen LogP contribution in [0.1, 0.15) is 42.4 Å². The molecule has 0 radical (unpaired) electrons. The summed E-state index contributed by atoms with van der Waals surface area (Å²) in [5.41, 5.74) is 1.09. The number of thiophene rings is 1. The van der Waals surface area contributed by atoms with Crippen molar-refractivity contribution in [3.05, 3.63) is 20.3 Å². The van der Waals surface area contributed by atoms with E-state index >= 15 is 0 Å². The van der Waals surface area contributed by atoms with Crippen LogP contribution in [-0.4, -0.2) is 11.1 Å². The normalized spacial score (nSPS) is 11.7. The molecule has 1 aromatic heterocycles. The maximum absolute atomic E-state index is 11.0. The first kappa shape index (κ1) is 12.7. The van der Waals surface area contributed by atoms with Crippen molar-refractivity contribution < 1.29 is 9.90 Å². The van der Waals surface area contributed by atoms with Gasteiger partial charge in [0.1, 0.15) is 4.88 Å². The van der Waals surface area contributed by atoms with E-state index in [1.165, 1.54) is 11.3 Å². The van der Waals surface area contributed by atoms with Gasteiger partial charge in [0, 0.05) is 0 Å². The molecule has 84 valence electrons. The molecule has 1 rings (SSSR count). The highest BCUT2D eigenvalue weighted by Crippen LogP contribution is 2.33. The molecule has 1 N–H and O–H groups in total. The highest BCUT2D eigenvalue weighted by atomic mass is 79.9. The minimum Gasteiger partial charge on any atom is -0.477 e. The van der Waals surface area contributed by atoms with Crippen molar-refractivity contribution in [2.45, 2.75) is 33.6 Å². The molecule has 0 fully saturated rings. The Hall–Kier alpha value is -0.350. The van der Waals surface area contributed by atoms with Gasteiger partial charge in [0.2, 0.25) is 0 Å². The quantitative estimate of drug-likeness (QED) is 0.903. The van der Waals surface area contributed by atoms with Crippen LogP contribution in [-0.2, 0) is 6.42 Å². The number of hydrogen-bond donors (Lipinski definition) is 1. The minimum absolute atomic E-state index is 0.157. The Morgan fingerprint density at radius 1 is 1.60 bits per heavy atom. The van der Waals surface area contributed by atoms with Crippen molar-refractivity contribution in [2.24, 2.45) is 5.41 Å². The van der Waals surface area contributed by atoms with Gasteiger partial charge in [-0.05, 0) is 39.4 Å². The molecule has 0 atom stereocenters. The number of carboxylic acids is 1. The lowest BCUT2D eigenvalue weighted by Gasteiger charge is -2.22. The lowest BCUT2D eigenvalue weighted by atomic mass is 9.83. The molecular formula is C11H15BrO2S. The Morgan fingerprint density at radius 3 is 2.67 bits per heavy atom. The molecule has 0 saturated carbocycles. The summed E-state index contributed by atoms with van der Waals surface area (Å²) in [5, 5.41) is 9.04. The van der Waals surface area contributed by atoms with Crippen LogP contribution in [0.4, 0.5) is 0 Å². The largest absolute Gasteiger partial charge is 0.477 e. The van der Waals surface area contributed by atoms with Crippen molar-refractivity contribution in [2.75, 3.05) is 0 Å². The average molecular weight is 291 g/mol. The molecule has 0 aromatic carbocycles. The van der Waals surface area contributed by atoms with Gasteiger partial charge in [-0.3, -0.25) is 0 Å². The van der Waals surface area contributed by atoms with E-state index in [0.29, 0.717) is 4.88 Å². The first-order valence-corrected chi connectivity index (χ1v) is 6.48. The molecule has 0 spiro atoms. The molecule has 15 heavy (non-hydrogen) atoms. The molecule has 0 saturated heterocycles. The Morgan fingerprint density at radius 2 is 2.20 bits per heavy atom. The maximum Gasteiger partial charge on any atom is 0.346 e. The first-order chi connectivity index (χ1) is 6.85. The minimum atomic E-state index is -0.826. The van der Waals surface area contributed by atoms with Crippen LogP contribution in [0.3, 0.4) is 0 Å². The molecule has 4 heteroatoms. The van der Waals surface area contributed by atoms with Crippen LogP contribution in [0.5, 0.6) is 0 Å². The van der Waals surface area contributed by atoms with Crippen molar-refractivity contribution >= 4 is 33.2 Å². The van der Waals surface area contributed by atoms with Crippen molar-refractivity contribution in [1.29, 1.82) is 0 Å². The second-order valence-corrected chi connectivity index (χ2v) is 6.84. The van der Waals surface area contributed by atoms with E-state index in [4.69, 9.17) is 5.11 Å². The number of halogens is 1. The third kappa shape index (κ3) is 3.31. The fraction of sp³-hybridized carbons (Fsp3) is 0.545. The van der Waals surface area contributed by atoms with E-state index in [1.54, 1.807) is 0 Å². The van der Waals surface area contributed by atoms with E-state index in [0.717, 1.165) is 22.2 Å². The summed E-state index contributed by atoms with van der Waals surface area (Å²) < 4.78 is 0.891. The van der Waals surface area contributed by atoms with Gasteiger partial charge >= 0.3 is 5.97 Å². The molecule has 2 nitrogen and oxygen atoms in total. The van der Waals surface area contributed by atoms with E-state index < -0.39 is 5.97 Å². The van der Waals surface area contributed by atoms with Gasteiger partial charge in [0.25, 0.3) is 0 Å². The zero-order chi connectivity index (χ0) is 11.6. The predicted octanol–water partition coefficient (Wildman–Crippen LogP) is 4.19. The zero-order valence-electron chi connectivity index (χ0n) is 9.13. The fourth-order valence-corrected chi connectivity index (χ4v) is 2.86. The van der Waals surface area contributed by atoms with Gasteiger partial charge < -0.3 is 5.11 Å². The summed E-state index contributed by atoms with van der Waals surface area (Å²) in [5.74, 6) is -0.826. The number of rotatable bonds is 4. The fourth-order valence-electron chi connectivity index (χ4n) is 1.35. The van der Waals surface area contributed by atoms with Gasteiger partial charge in [-0.2, -0.15) is 0 Å². The standard InChI is InChI=1S/C11H15BrO2S/c1-4-11(2,3)6-7-5-8(12)15-9(7)10(13)14/h5H,4,6H2,1-3H3,(H,13,14). The van der Waals surface area contributed by atoms with E-state index in [1.807, 2.05) is 6.07 Å². The summed E-state index contributed by atoms with van der Waals surface area (Å²) in [6.45, 7) is 6.44. The zero-order valence-corrected chi connectivity index (χ0v) is 11.5. The van der Waals surface area contributed by atoms with Crippen molar-refractivity contribution in [3.8, 4) is 0 Å². The molecule has 0 amide bonds. The van der Waals surface area contributed by atoms with Gasteiger partial charge in [-0.1, -0.05) is 27.2 Å². The van der Waals surface area contributed by atoms with Gasteiger partial charge in [0.05, 0.1) is 3.79 Å². The number of carbonyl (C=O) groups is 1. The molecule has 0 aliphatic rings. The summed E-state index contributed by atoms with van der Waals surface area (Å²) >= 11 is 4.63. The molecule has 0 aliphatic heterocycles. The molecule has 1 heterocycles. The second-order valence-electron chi connectivity index (χ2n) is 4.40. The van der Waals surface area contributed by atoms with E-state index in [-0.39, 0.29) is 5.41 Å². The van der Waals surface area contributed by atoms with E-state index in [9.17, 15) is 4.79 Å². The smallest absolute Gasteiger partial charge is 0.346 e. The lowest BCUT2D eigenvalue weighted by Crippen LogP contribution is -2.14. The average Bonchev–Trinajstić information content (AvgIpc) is 2.46. The molecular weight excluding hydrogens is 276 g/mol. The maximum atomic E-state index is 11.0. The van der Waals surface area contributed by atoms with Crippen LogP contribution < -0.4 is 0 Å². The number of carboxylic acid groups (broad SMARTS) is 1. The van der Waals surface area contributed by atoms with Gasteiger partial charge in [-0.15, -0.1) is 11.3 Å².